The normalized spacial score (nSPS) is 25.4. The number of halogens is 1. The van der Waals surface area contributed by atoms with Crippen LogP contribution in [0.1, 0.15) is 39.0 Å². The van der Waals surface area contributed by atoms with Gasteiger partial charge in [0.15, 0.2) is 0 Å². The quantitative estimate of drug-likeness (QED) is 0.466. The smallest absolute Gasteiger partial charge is 0.250 e. The van der Waals surface area contributed by atoms with Crippen LogP contribution in [0.4, 0.5) is 0 Å². The van der Waals surface area contributed by atoms with Crippen molar-refractivity contribution in [3.8, 4) is 0 Å². The van der Waals surface area contributed by atoms with Gasteiger partial charge >= 0.3 is 0 Å². The number of sulfonamides is 1. The van der Waals surface area contributed by atoms with Gasteiger partial charge in [-0.15, -0.1) is 11.3 Å². The van der Waals surface area contributed by atoms with E-state index < -0.39 is 27.5 Å². The van der Waals surface area contributed by atoms with Gasteiger partial charge in [0.2, 0.25) is 17.7 Å². The highest BCUT2D eigenvalue weighted by Crippen LogP contribution is 2.50. The number of ether oxygens (including phenoxy) is 1. The molecule has 1 spiro atoms. The van der Waals surface area contributed by atoms with E-state index in [0.29, 0.717) is 44.0 Å². The molecule has 0 radical (unpaired) electrons. The number of carbonyl (C=O) groups excluding carboxylic acids is 3. The van der Waals surface area contributed by atoms with Crippen LogP contribution in [0.25, 0.3) is 10.1 Å². The molecule has 2 N–H and O–H groups in total. The standard InChI is InChI=1S/C25H31ClN4O6S2/c1-2-36-15-21(31)27-20-13-25(20)8-4-10-30(25)22(32)14-29-9-3-5-18(24(29)33)28-38(34,35)23-12-16-11-17(26)6-7-19(16)37-23/h6-7,11-12,18,20,28H,2-5,8-10,13-15H2,1H3,(H,27,31). The summed E-state index contributed by atoms with van der Waals surface area (Å²) >= 11 is 7.14. The number of likely N-dealkylation sites (tertiary alicyclic amines) is 2. The molecule has 0 bridgehead atoms. The molecule has 3 heterocycles. The minimum Gasteiger partial charge on any atom is -0.372 e. The van der Waals surface area contributed by atoms with Gasteiger partial charge in [-0.05, 0) is 68.7 Å². The fraction of sp³-hybridized carbons (Fsp3) is 0.560. The molecule has 2 aromatic rings. The zero-order valence-electron chi connectivity index (χ0n) is 21.1. The van der Waals surface area contributed by atoms with Crippen LogP contribution in [0.3, 0.4) is 0 Å². The summed E-state index contributed by atoms with van der Waals surface area (Å²) in [6.07, 6.45) is 3.26. The number of carbonyl (C=O) groups is 3. The maximum atomic E-state index is 13.3. The summed E-state index contributed by atoms with van der Waals surface area (Å²) in [6, 6.07) is 5.66. The first kappa shape index (κ1) is 27.3. The Balaban J connectivity index is 1.21. The topological polar surface area (TPSA) is 125 Å². The zero-order chi connectivity index (χ0) is 27.1. The average Bonchev–Trinajstić information content (AvgIpc) is 3.18. The van der Waals surface area contributed by atoms with Crippen LogP contribution < -0.4 is 10.0 Å². The van der Waals surface area contributed by atoms with Gasteiger partial charge in [-0.25, -0.2) is 8.42 Å². The Hall–Kier alpha value is -2.25. The van der Waals surface area contributed by atoms with Crippen LogP contribution in [0, 0.1) is 0 Å². The van der Waals surface area contributed by atoms with Crippen molar-refractivity contribution in [3.63, 3.8) is 0 Å². The van der Waals surface area contributed by atoms with E-state index in [-0.39, 0.29) is 35.2 Å². The molecule has 2 saturated heterocycles. The third-order valence-electron chi connectivity index (χ3n) is 7.52. The molecule has 3 amide bonds. The van der Waals surface area contributed by atoms with E-state index in [1.165, 1.54) is 4.90 Å². The summed E-state index contributed by atoms with van der Waals surface area (Å²) in [5.74, 6) is -0.777. The summed E-state index contributed by atoms with van der Waals surface area (Å²) in [5, 5.41) is 4.19. The summed E-state index contributed by atoms with van der Waals surface area (Å²) < 4.78 is 34.8. The van der Waals surface area contributed by atoms with Crippen LogP contribution in [-0.4, -0.2) is 86.4 Å². The molecule has 3 fully saturated rings. The molecular weight excluding hydrogens is 552 g/mol. The lowest BCUT2D eigenvalue weighted by molar-refractivity contribution is -0.144. The first-order valence-corrected chi connectivity index (χ1v) is 15.5. The van der Waals surface area contributed by atoms with E-state index >= 15 is 0 Å². The Morgan fingerprint density at radius 2 is 2.05 bits per heavy atom. The molecule has 3 aliphatic rings. The molecule has 1 saturated carbocycles. The molecular formula is C25H31ClN4O6S2. The van der Waals surface area contributed by atoms with Gasteiger partial charge in [0.25, 0.3) is 10.0 Å². The maximum absolute atomic E-state index is 13.3. The van der Waals surface area contributed by atoms with Gasteiger partial charge in [-0.3, -0.25) is 14.4 Å². The monoisotopic (exact) mass is 582 g/mol. The van der Waals surface area contributed by atoms with E-state index in [9.17, 15) is 22.8 Å². The van der Waals surface area contributed by atoms with E-state index in [0.717, 1.165) is 34.3 Å². The van der Waals surface area contributed by atoms with Gasteiger partial charge < -0.3 is 19.9 Å². The summed E-state index contributed by atoms with van der Waals surface area (Å²) in [7, 11) is -3.94. The second kappa shape index (κ2) is 10.7. The Bertz CT molecular complexity index is 1360. The summed E-state index contributed by atoms with van der Waals surface area (Å²) in [6.45, 7) is 3.12. The Morgan fingerprint density at radius 3 is 2.84 bits per heavy atom. The SMILES string of the molecule is CCOCC(=O)NC1CC12CCCN2C(=O)CN1CCCC(NS(=O)(=O)c2cc3cc(Cl)ccc3s2)C1=O. The van der Waals surface area contributed by atoms with Crippen LogP contribution in [0.15, 0.2) is 28.5 Å². The second-order valence-electron chi connectivity index (χ2n) is 10.0. The summed E-state index contributed by atoms with van der Waals surface area (Å²) in [4.78, 5) is 41.9. The molecule has 1 aromatic carbocycles. The lowest BCUT2D eigenvalue weighted by Crippen LogP contribution is -2.55. The Labute approximate surface area is 230 Å². The van der Waals surface area contributed by atoms with Crippen molar-refractivity contribution in [1.29, 1.82) is 0 Å². The first-order valence-electron chi connectivity index (χ1n) is 12.8. The highest BCUT2D eigenvalue weighted by Gasteiger charge is 2.62. The fourth-order valence-corrected chi connectivity index (χ4v) is 8.38. The number of amides is 3. The fourth-order valence-electron chi connectivity index (χ4n) is 5.58. The van der Waals surface area contributed by atoms with Crippen LogP contribution in [-0.2, 0) is 29.1 Å². The number of nitrogens with one attached hydrogen (secondary N) is 2. The average molecular weight is 583 g/mol. The van der Waals surface area contributed by atoms with Crippen molar-refractivity contribution in [2.75, 3.05) is 32.8 Å². The minimum absolute atomic E-state index is 0.00809. The molecule has 1 aromatic heterocycles. The van der Waals surface area contributed by atoms with E-state index in [2.05, 4.69) is 10.0 Å². The number of hydrogen-bond acceptors (Lipinski definition) is 7. The number of nitrogens with zero attached hydrogens (tertiary/aromatic N) is 2. The highest BCUT2D eigenvalue weighted by atomic mass is 35.5. The van der Waals surface area contributed by atoms with Gasteiger partial charge in [-0.1, -0.05) is 11.6 Å². The molecule has 5 rings (SSSR count). The molecule has 38 heavy (non-hydrogen) atoms. The minimum atomic E-state index is -3.94. The molecule has 3 unspecified atom stereocenters. The van der Waals surface area contributed by atoms with Crippen molar-refractivity contribution in [3.05, 3.63) is 29.3 Å². The van der Waals surface area contributed by atoms with Crippen molar-refractivity contribution in [2.24, 2.45) is 0 Å². The molecule has 13 heteroatoms. The maximum Gasteiger partial charge on any atom is 0.250 e. The zero-order valence-corrected chi connectivity index (χ0v) is 23.5. The third-order valence-corrected chi connectivity index (χ3v) is 10.8. The molecule has 3 atom stereocenters. The number of benzene rings is 1. The lowest BCUT2D eigenvalue weighted by Gasteiger charge is -2.34. The van der Waals surface area contributed by atoms with Gasteiger partial charge in [0, 0.05) is 29.4 Å². The van der Waals surface area contributed by atoms with Crippen molar-refractivity contribution in [1.82, 2.24) is 19.8 Å². The van der Waals surface area contributed by atoms with Crippen molar-refractivity contribution >= 4 is 60.8 Å². The van der Waals surface area contributed by atoms with Crippen LogP contribution >= 0.6 is 22.9 Å². The molecule has 2 aliphatic heterocycles. The van der Waals surface area contributed by atoms with Gasteiger partial charge in [0.1, 0.15) is 16.9 Å². The lowest BCUT2D eigenvalue weighted by atomic mass is 10.1. The van der Waals surface area contributed by atoms with E-state index in [1.54, 1.807) is 29.2 Å². The largest absolute Gasteiger partial charge is 0.372 e. The van der Waals surface area contributed by atoms with E-state index in [1.807, 2.05) is 6.92 Å². The summed E-state index contributed by atoms with van der Waals surface area (Å²) in [5.41, 5.74) is -0.400. The third kappa shape index (κ3) is 5.42. The van der Waals surface area contributed by atoms with Gasteiger partial charge in [0.05, 0.1) is 18.1 Å². The van der Waals surface area contributed by atoms with Crippen LogP contribution in [0.2, 0.25) is 5.02 Å². The molecule has 1 aliphatic carbocycles. The Morgan fingerprint density at radius 1 is 1.24 bits per heavy atom. The highest BCUT2D eigenvalue weighted by molar-refractivity contribution is 7.91. The van der Waals surface area contributed by atoms with E-state index in [4.69, 9.17) is 16.3 Å². The second-order valence-corrected chi connectivity index (χ2v) is 13.5. The van der Waals surface area contributed by atoms with Gasteiger partial charge in [-0.2, -0.15) is 4.72 Å². The predicted molar refractivity (Wildman–Crippen MR) is 143 cm³/mol. The number of rotatable bonds is 9. The van der Waals surface area contributed by atoms with Crippen molar-refractivity contribution < 1.29 is 27.5 Å². The molecule has 10 nitrogen and oxygen atoms in total. The van der Waals surface area contributed by atoms with Crippen molar-refractivity contribution in [2.45, 2.75) is 60.9 Å². The number of thiophene rings is 1. The Kier molecular flexibility index (Phi) is 7.71. The predicted octanol–water partition coefficient (Wildman–Crippen LogP) is 2.11. The molecule has 206 valence electrons. The van der Waals surface area contributed by atoms with Crippen LogP contribution in [0.5, 0.6) is 0 Å². The number of piperidine rings is 1. The number of hydrogen-bond donors (Lipinski definition) is 2. The number of fused-ring (bicyclic) bond motifs is 1. The first-order chi connectivity index (χ1) is 18.1.